The van der Waals surface area contributed by atoms with Crippen LogP contribution in [0.1, 0.15) is 71.9 Å². The molecule has 1 saturated heterocycles. The van der Waals surface area contributed by atoms with Crippen molar-refractivity contribution in [1.29, 1.82) is 0 Å². The highest BCUT2D eigenvalue weighted by molar-refractivity contribution is 6.04. The molecule has 0 bridgehead atoms. The summed E-state index contributed by atoms with van der Waals surface area (Å²) in [6.07, 6.45) is 4.41. The zero-order valence-electron chi connectivity index (χ0n) is 19.3. The Morgan fingerprint density at radius 1 is 1.38 bits per heavy atom. The van der Waals surface area contributed by atoms with Gasteiger partial charge in [0, 0.05) is 17.9 Å². The number of pyridine rings is 1. The zero-order chi connectivity index (χ0) is 23.7. The molecule has 1 aromatic heterocycles. The maximum Gasteiger partial charge on any atom is 0.437 e. The number of rotatable bonds is 6. The first-order valence-corrected chi connectivity index (χ1v) is 11.0. The molecule has 9 heteroatoms. The van der Waals surface area contributed by atoms with Crippen LogP contribution < -0.4 is 5.32 Å². The van der Waals surface area contributed by atoms with Gasteiger partial charge in [0.25, 0.3) is 0 Å². The standard InChI is InChI=1S/C23H32N4O5/c1-6-23(7-2)12-17(28)27(20(26-23)25-21(31)32-22(3,4)5)18(14-9-8-10-24-13-14)15-11-16(15)19(29)30/h8-10,13,15-16,18H,6-7,11-12H2,1-5H3,(H,29,30)(H,25,26,31)/t15-,16-,18?/m0/s1. The van der Waals surface area contributed by atoms with Gasteiger partial charge in [-0.1, -0.05) is 19.9 Å². The molecular formula is C23H32N4O5. The fourth-order valence-corrected chi connectivity index (χ4v) is 4.24. The van der Waals surface area contributed by atoms with Crippen molar-refractivity contribution in [2.45, 2.75) is 77.5 Å². The van der Waals surface area contributed by atoms with Gasteiger partial charge in [-0.15, -0.1) is 4.99 Å². The van der Waals surface area contributed by atoms with Crippen LogP contribution in [0.4, 0.5) is 4.79 Å². The van der Waals surface area contributed by atoms with E-state index in [2.05, 4.69) is 15.3 Å². The summed E-state index contributed by atoms with van der Waals surface area (Å²) in [5.41, 5.74) is -0.581. The first kappa shape index (κ1) is 23.7. The third-order valence-electron chi connectivity index (χ3n) is 6.17. The lowest BCUT2D eigenvalue weighted by atomic mass is 9.85. The summed E-state index contributed by atoms with van der Waals surface area (Å²) in [6, 6.07) is 2.96. The monoisotopic (exact) mass is 444 g/mol. The smallest absolute Gasteiger partial charge is 0.437 e. The Morgan fingerprint density at radius 3 is 2.56 bits per heavy atom. The summed E-state index contributed by atoms with van der Waals surface area (Å²) in [7, 11) is 0. The summed E-state index contributed by atoms with van der Waals surface area (Å²) >= 11 is 0. The predicted octanol–water partition coefficient (Wildman–Crippen LogP) is 3.52. The van der Waals surface area contributed by atoms with Crippen LogP contribution in [0.3, 0.4) is 0 Å². The van der Waals surface area contributed by atoms with Crippen molar-refractivity contribution in [2.75, 3.05) is 0 Å². The molecule has 3 atom stereocenters. The number of nitrogens with one attached hydrogen (secondary N) is 1. The lowest BCUT2D eigenvalue weighted by Gasteiger charge is -2.45. The lowest BCUT2D eigenvalue weighted by Crippen LogP contribution is -2.63. The molecule has 1 aromatic rings. The number of carboxylic acid groups (broad SMARTS) is 1. The molecule has 2 fully saturated rings. The van der Waals surface area contributed by atoms with Crippen LogP contribution in [0.5, 0.6) is 0 Å². The minimum atomic E-state index is -0.900. The second kappa shape index (κ2) is 8.88. The van der Waals surface area contributed by atoms with E-state index in [4.69, 9.17) is 4.74 Å². The fraction of sp³-hybridized carbons (Fsp3) is 0.609. The molecule has 174 valence electrons. The Balaban J connectivity index is 2.06. The van der Waals surface area contributed by atoms with E-state index in [0.717, 1.165) is 0 Å². The number of aromatic nitrogens is 1. The van der Waals surface area contributed by atoms with Crippen molar-refractivity contribution in [3.8, 4) is 0 Å². The maximum atomic E-state index is 13.5. The Bertz CT molecular complexity index is 905. The molecule has 0 radical (unpaired) electrons. The summed E-state index contributed by atoms with van der Waals surface area (Å²) in [4.78, 5) is 47.5. The number of amides is 2. The number of ether oxygens (including phenoxy) is 1. The summed E-state index contributed by atoms with van der Waals surface area (Å²) in [6.45, 7) is 9.18. The van der Waals surface area contributed by atoms with Gasteiger partial charge in [0.2, 0.25) is 11.9 Å². The Kier molecular flexibility index (Phi) is 6.57. The second-order valence-corrected chi connectivity index (χ2v) is 9.54. The molecule has 9 nitrogen and oxygen atoms in total. The van der Waals surface area contributed by atoms with E-state index >= 15 is 0 Å². The number of aliphatic carboxylic acids is 1. The second-order valence-electron chi connectivity index (χ2n) is 9.54. The highest BCUT2D eigenvalue weighted by atomic mass is 16.6. The van der Waals surface area contributed by atoms with Crippen molar-refractivity contribution in [3.05, 3.63) is 30.1 Å². The van der Waals surface area contributed by atoms with Crippen LogP contribution in [0.2, 0.25) is 0 Å². The SMILES string of the molecule is CCC1(CC)CC(=O)N(C(c2cccnc2)[C@H]2C[C@@H]2C(=O)O)/C(=N/C(=O)OC(C)(C)C)N1. The summed E-state index contributed by atoms with van der Waals surface area (Å²) < 4.78 is 5.37. The number of carboxylic acids is 1. The molecule has 1 unspecified atom stereocenters. The molecule has 32 heavy (non-hydrogen) atoms. The van der Waals surface area contributed by atoms with Gasteiger partial charge in [-0.05, 0) is 57.6 Å². The van der Waals surface area contributed by atoms with Crippen molar-refractivity contribution in [2.24, 2.45) is 16.8 Å². The first-order chi connectivity index (χ1) is 15.0. The molecule has 2 aliphatic rings. The van der Waals surface area contributed by atoms with Gasteiger partial charge in [-0.3, -0.25) is 19.5 Å². The number of aliphatic imine (C=N–C) groups is 1. The van der Waals surface area contributed by atoms with Gasteiger partial charge in [-0.25, -0.2) is 4.79 Å². The van der Waals surface area contributed by atoms with E-state index in [0.29, 0.717) is 24.8 Å². The molecule has 2 heterocycles. The molecule has 2 amide bonds. The van der Waals surface area contributed by atoms with Crippen LogP contribution in [0.25, 0.3) is 0 Å². The van der Waals surface area contributed by atoms with Crippen LogP contribution in [-0.2, 0) is 14.3 Å². The average Bonchev–Trinajstić information content (AvgIpc) is 3.50. The van der Waals surface area contributed by atoms with Crippen LogP contribution in [0, 0.1) is 11.8 Å². The third-order valence-corrected chi connectivity index (χ3v) is 6.17. The normalized spacial score (nSPS) is 24.6. The Labute approximate surface area is 188 Å². The number of carbonyl (C=O) groups is 3. The van der Waals surface area contributed by atoms with E-state index in [1.54, 1.807) is 39.2 Å². The van der Waals surface area contributed by atoms with Gasteiger partial charge < -0.3 is 15.2 Å². The molecule has 1 saturated carbocycles. The number of guanidine groups is 1. The van der Waals surface area contributed by atoms with Crippen molar-refractivity contribution in [1.82, 2.24) is 15.2 Å². The van der Waals surface area contributed by atoms with Gasteiger partial charge >= 0.3 is 12.1 Å². The van der Waals surface area contributed by atoms with Crippen LogP contribution >= 0.6 is 0 Å². The quantitative estimate of drug-likeness (QED) is 0.688. The Morgan fingerprint density at radius 2 is 2.06 bits per heavy atom. The van der Waals surface area contributed by atoms with E-state index in [9.17, 15) is 19.5 Å². The van der Waals surface area contributed by atoms with Crippen molar-refractivity contribution >= 4 is 23.9 Å². The minimum absolute atomic E-state index is 0.101. The topological polar surface area (TPSA) is 121 Å². The van der Waals surface area contributed by atoms with Crippen molar-refractivity contribution < 1.29 is 24.2 Å². The fourth-order valence-electron chi connectivity index (χ4n) is 4.24. The Hall–Kier alpha value is -2.97. The third kappa shape index (κ3) is 5.08. The summed E-state index contributed by atoms with van der Waals surface area (Å²) in [5, 5.41) is 12.9. The summed E-state index contributed by atoms with van der Waals surface area (Å²) in [5.74, 6) is -1.88. The van der Waals surface area contributed by atoms with E-state index < -0.39 is 35.2 Å². The van der Waals surface area contributed by atoms with Gasteiger partial charge in [0.1, 0.15) is 5.60 Å². The van der Waals surface area contributed by atoms with E-state index in [1.165, 1.54) is 4.90 Å². The zero-order valence-corrected chi connectivity index (χ0v) is 19.3. The molecule has 0 aromatic carbocycles. The molecule has 0 spiro atoms. The average molecular weight is 445 g/mol. The number of hydrogen-bond donors (Lipinski definition) is 2. The number of carbonyl (C=O) groups excluding carboxylic acids is 2. The van der Waals surface area contributed by atoms with Gasteiger partial charge in [-0.2, -0.15) is 0 Å². The van der Waals surface area contributed by atoms with Gasteiger partial charge in [0.15, 0.2) is 0 Å². The largest absolute Gasteiger partial charge is 0.481 e. The number of nitrogens with zero attached hydrogens (tertiary/aromatic N) is 3. The minimum Gasteiger partial charge on any atom is -0.481 e. The van der Waals surface area contributed by atoms with E-state index in [-0.39, 0.29) is 24.2 Å². The highest BCUT2D eigenvalue weighted by Crippen LogP contribution is 2.51. The molecule has 2 N–H and O–H groups in total. The molecule has 1 aliphatic carbocycles. The van der Waals surface area contributed by atoms with E-state index in [1.807, 2.05) is 19.9 Å². The number of hydrogen-bond acceptors (Lipinski definition) is 5. The highest BCUT2D eigenvalue weighted by Gasteiger charge is 2.54. The maximum absolute atomic E-state index is 13.5. The molecule has 3 rings (SSSR count). The first-order valence-electron chi connectivity index (χ1n) is 11.0. The molecular weight excluding hydrogens is 412 g/mol. The van der Waals surface area contributed by atoms with Crippen LogP contribution in [0.15, 0.2) is 29.5 Å². The lowest BCUT2D eigenvalue weighted by molar-refractivity contribution is -0.140. The predicted molar refractivity (Wildman–Crippen MR) is 118 cm³/mol. The van der Waals surface area contributed by atoms with Crippen LogP contribution in [-0.4, -0.2) is 50.1 Å². The molecule has 1 aliphatic heterocycles. The van der Waals surface area contributed by atoms with Crippen molar-refractivity contribution in [3.63, 3.8) is 0 Å². The van der Waals surface area contributed by atoms with Gasteiger partial charge in [0.05, 0.1) is 18.4 Å².